The summed E-state index contributed by atoms with van der Waals surface area (Å²) in [4.78, 5) is 46.2. The Morgan fingerprint density at radius 1 is 0.905 bits per heavy atom. The normalized spacial score (nSPS) is 20.7. The number of phosphoric ester groups is 1. The van der Waals surface area contributed by atoms with Gasteiger partial charge in [-0.25, -0.2) is 9.36 Å². The number of aliphatic hydroxyl groups excluding tert-OH is 2. The quantitative estimate of drug-likeness (QED) is 0.0832. The molecule has 1 saturated heterocycles. The summed E-state index contributed by atoms with van der Waals surface area (Å²) in [6, 6.07) is 1.37. The zero-order valence-electron chi connectivity index (χ0n) is 25.1. The van der Waals surface area contributed by atoms with E-state index in [9.17, 15) is 24.4 Å². The number of hydrogen-bond donors (Lipinski definition) is 5. The summed E-state index contributed by atoms with van der Waals surface area (Å²) in [6.07, 6.45) is 17.4. The lowest BCUT2D eigenvalue weighted by atomic mass is 10.0. The van der Waals surface area contributed by atoms with Crippen LogP contribution in [0.3, 0.4) is 0 Å². The third-order valence-corrected chi connectivity index (χ3v) is 8.11. The summed E-state index contributed by atoms with van der Waals surface area (Å²) < 4.78 is 21.5. The van der Waals surface area contributed by atoms with Crippen LogP contribution >= 0.6 is 7.82 Å². The van der Waals surface area contributed by atoms with Crippen molar-refractivity contribution in [1.82, 2.24) is 9.55 Å². The molecule has 1 fully saturated rings. The Balaban J connectivity index is 1.54. The number of ether oxygens (including phenoxy) is 1. The largest absolute Gasteiger partial charge is 0.469 e. The predicted molar refractivity (Wildman–Crippen MR) is 160 cm³/mol. The first-order chi connectivity index (χ1) is 20.1. The topological polar surface area (TPSA) is 180 Å². The number of carbonyl (C=O) groups excluding carboxylic acids is 1. The van der Waals surface area contributed by atoms with Crippen LogP contribution < -0.4 is 11.0 Å². The average molecular weight is 618 g/mol. The summed E-state index contributed by atoms with van der Waals surface area (Å²) >= 11 is 0. The van der Waals surface area contributed by atoms with Crippen LogP contribution in [-0.4, -0.2) is 60.4 Å². The van der Waals surface area contributed by atoms with Crippen molar-refractivity contribution < 1.29 is 38.6 Å². The fraction of sp³-hybridized carbons (Fsp3) is 0.828. The van der Waals surface area contributed by atoms with E-state index in [-0.39, 0.29) is 11.7 Å². The Kier molecular flexibility index (Phi) is 17.7. The molecule has 0 unspecified atom stereocenters. The highest BCUT2D eigenvalue weighted by Gasteiger charge is 2.45. The molecule has 0 saturated carbocycles. The summed E-state index contributed by atoms with van der Waals surface area (Å²) in [5.74, 6) is -0.189. The van der Waals surface area contributed by atoms with Gasteiger partial charge < -0.3 is 30.1 Å². The molecule has 1 aromatic heterocycles. The second kappa shape index (κ2) is 20.3. The smallest absolute Gasteiger partial charge is 0.387 e. The number of aromatic nitrogens is 2. The van der Waals surface area contributed by atoms with Crippen LogP contribution in [0.4, 0.5) is 5.82 Å². The molecule has 13 heteroatoms. The van der Waals surface area contributed by atoms with Crippen molar-refractivity contribution in [1.29, 1.82) is 0 Å². The zero-order valence-corrected chi connectivity index (χ0v) is 26.0. The van der Waals surface area contributed by atoms with Gasteiger partial charge in [0.05, 0.1) is 6.61 Å². The van der Waals surface area contributed by atoms with Crippen molar-refractivity contribution in [2.24, 2.45) is 0 Å². The summed E-state index contributed by atoms with van der Waals surface area (Å²) in [6.45, 7) is 1.57. The van der Waals surface area contributed by atoms with Gasteiger partial charge in [-0.05, 0) is 12.5 Å². The molecule has 0 spiro atoms. The van der Waals surface area contributed by atoms with Crippen molar-refractivity contribution in [3.05, 3.63) is 22.7 Å². The number of rotatable bonds is 23. The number of amides is 1. The summed E-state index contributed by atoms with van der Waals surface area (Å²) in [5, 5.41) is 22.9. The van der Waals surface area contributed by atoms with Crippen LogP contribution in [0, 0.1) is 0 Å². The minimum atomic E-state index is -4.81. The van der Waals surface area contributed by atoms with Crippen LogP contribution in [0.15, 0.2) is 17.1 Å². The van der Waals surface area contributed by atoms with Crippen molar-refractivity contribution in [2.45, 2.75) is 147 Å². The van der Waals surface area contributed by atoms with E-state index < -0.39 is 44.7 Å². The molecule has 242 valence electrons. The number of unbranched alkanes of at least 4 members (excludes halogenated alkanes) is 16. The van der Waals surface area contributed by atoms with Gasteiger partial charge in [-0.15, -0.1) is 0 Å². The van der Waals surface area contributed by atoms with E-state index in [1.807, 2.05) is 0 Å². The van der Waals surface area contributed by atoms with Gasteiger partial charge in [-0.1, -0.05) is 110 Å². The Hall–Kier alpha value is -1.66. The summed E-state index contributed by atoms with van der Waals surface area (Å²) in [7, 11) is -4.81. The van der Waals surface area contributed by atoms with Crippen LogP contribution in [0.1, 0.15) is 129 Å². The van der Waals surface area contributed by atoms with E-state index >= 15 is 0 Å². The molecule has 2 heterocycles. The predicted octanol–water partition coefficient (Wildman–Crippen LogP) is 4.95. The molecule has 2 rings (SSSR count). The fourth-order valence-corrected chi connectivity index (χ4v) is 5.50. The molecule has 12 nitrogen and oxygen atoms in total. The van der Waals surface area contributed by atoms with Crippen LogP contribution in [0.5, 0.6) is 0 Å². The van der Waals surface area contributed by atoms with E-state index in [0.29, 0.717) is 6.42 Å². The van der Waals surface area contributed by atoms with Crippen LogP contribution in [0.25, 0.3) is 0 Å². The molecule has 0 aliphatic carbocycles. The lowest BCUT2D eigenvalue weighted by Gasteiger charge is -2.17. The molecule has 0 bridgehead atoms. The van der Waals surface area contributed by atoms with E-state index in [4.69, 9.17) is 14.5 Å². The SMILES string of the molecule is CCCCCCCCCCCCCCCCCCCC(=O)Nc1ccn([C@@H]2O[C@H](COP(=O)(O)O)[C@@H](O)[C@H]2O)c(=O)n1. The average Bonchev–Trinajstić information content (AvgIpc) is 3.22. The third kappa shape index (κ3) is 14.7. The molecule has 0 radical (unpaired) electrons. The lowest BCUT2D eigenvalue weighted by molar-refractivity contribution is -0.116. The second-order valence-electron chi connectivity index (χ2n) is 11.3. The Labute approximate surface area is 249 Å². The minimum Gasteiger partial charge on any atom is -0.387 e. The maximum absolute atomic E-state index is 12.5. The van der Waals surface area contributed by atoms with Crippen LogP contribution in [-0.2, 0) is 18.6 Å². The monoisotopic (exact) mass is 617 g/mol. The van der Waals surface area contributed by atoms with Gasteiger partial charge in [0.1, 0.15) is 24.1 Å². The maximum atomic E-state index is 12.5. The molecule has 1 aliphatic rings. The Morgan fingerprint density at radius 3 is 1.88 bits per heavy atom. The molecule has 42 heavy (non-hydrogen) atoms. The highest BCUT2D eigenvalue weighted by Crippen LogP contribution is 2.38. The first-order valence-corrected chi connectivity index (χ1v) is 17.3. The zero-order chi connectivity index (χ0) is 30.8. The second-order valence-corrected chi connectivity index (χ2v) is 12.5. The van der Waals surface area contributed by atoms with E-state index in [1.54, 1.807) is 0 Å². The maximum Gasteiger partial charge on any atom is 0.469 e. The number of carbonyl (C=O) groups is 1. The molecule has 0 aromatic carbocycles. The Bertz CT molecular complexity index is 1000. The molecule has 1 aromatic rings. The molecule has 4 atom stereocenters. The van der Waals surface area contributed by atoms with Gasteiger partial charge in [-0.3, -0.25) is 13.9 Å². The van der Waals surface area contributed by atoms with E-state index in [1.165, 1.54) is 102 Å². The number of nitrogens with zero attached hydrogens (tertiary/aromatic N) is 2. The van der Waals surface area contributed by atoms with Gasteiger partial charge >= 0.3 is 13.5 Å². The van der Waals surface area contributed by atoms with Crippen molar-refractivity contribution in [3.8, 4) is 0 Å². The van der Waals surface area contributed by atoms with E-state index in [2.05, 4.69) is 21.7 Å². The van der Waals surface area contributed by atoms with Gasteiger partial charge in [0.2, 0.25) is 5.91 Å². The fourth-order valence-electron chi connectivity index (χ4n) is 5.16. The van der Waals surface area contributed by atoms with Crippen molar-refractivity contribution in [2.75, 3.05) is 11.9 Å². The minimum absolute atomic E-state index is 0.0580. The van der Waals surface area contributed by atoms with Crippen molar-refractivity contribution in [3.63, 3.8) is 0 Å². The molecule has 1 amide bonds. The van der Waals surface area contributed by atoms with Gasteiger partial charge in [-0.2, -0.15) is 4.98 Å². The highest BCUT2D eigenvalue weighted by molar-refractivity contribution is 7.46. The molecular weight excluding hydrogens is 565 g/mol. The first kappa shape index (κ1) is 36.5. The number of anilines is 1. The first-order valence-electron chi connectivity index (χ1n) is 15.7. The molecule has 1 aliphatic heterocycles. The molecular formula is C29H52N3O9P. The number of hydrogen-bond acceptors (Lipinski definition) is 8. The van der Waals surface area contributed by atoms with E-state index in [0.717, 1.165) is 23.8 Å². The third-order valence-electron chi connectivity index (χ3n) is 7.62. The van der Waals surface area contributed by atoms with Crippen molar-refractivity contribution >= 4 is 19.5 Å². The van der Waals surface area contributed by atoms with Gasteiger partial charge in [0.25, 0.3) is 0 Å². The Morgan fingerprint density at radius 2 is 1.40 bits per heavy atom. The standard InChI is InChI=1S/C29H52N3O9P/c1-2-3-4-5-6-7-8-9-10-11-12-13-14-15-16-17-18-19-25(33)30-24-20-21-32(29(36)31-24)28-27(35)26(34)23(41-28)22-40-42(37,38)39/h20-21,23,26-28,34-35H,2-19,22H2,1H3,(H2,37,38,39)(H,30,31,33,36)/t23-,26-,27-,28-/m1/s1. The number of nitrogens with one attached hydrogen (secondary N) is 1. The van der Waals surface area contributed by atoms with Gasteiger partial charge in [0.15, 0.2) is 6.23 Å². The molecule has 5 N–H and O–H groups in total. The number of phosphoric acid groups is 1. The summed E-state index contributed by atoms with van der Waals surface area (Å²) in [5.41, 5.74) is -0.835. The number of aliphatic hydroxyl groups is 2. The highest BCUT2D eigenvalue weighted by atomic mass is 31.2. The lowest BCUT2D eigenvalue weighted by Crippen LogP contribution is -2.36. The van der Waals surface area contributed by atoms with Gasteiger partial charge in [0, 0.05) is 12.6 Å². The van der Waals surface area contributed by atoms with Crippen LogP contribution in [0.2, 0.25) is 0 Å².